The van der Waals surface area contributed by atoms with E-state index >= 15 is 0 Å². The molecule has 0 spiro atoms. The summed E-state index contributed by atoms with van der Waals surface area (Å²) in [6.45, 7) is 5.12. The molecule has 1 saturated heterocycles. The van der Waals surface area contributed by atoms with E-state index in [0.717, 1.165) is 17.2 Å². The Morgan fingerprint density at radius 3 is 2.86 bits per heavy atom. The number of rotatable bonds is 5. The topological polar surface area (TPSA) is 106 Å². The molecule has 36 heavy (non-hydrogen) atoms. The first kappa shape index (κ1) is 22.9. The van der Waals surface area contributed by atoms with E-state index in [9.17, 15) is 14.4 Å². The highest BCUT2D eigenvalue weighted by Gasteiger charge is 2.40. The molecule has 2 fully saturated rings. The van der Waals surface area contributed by atoms with E-state index in [0.29, 0.717) is 29.6 Å². The highest BCUT2D eigenvalue weighted by Crippen LogP contribution is 2.47. The van der Waals surface area contributed by atoms with Crippen LogP contribution in [0.5, 0.6) is 5.75 Å². The molecule has 3 heterocycles. The Bertz CT molecular complexity index is 1270. The smallest absolute Gasteiger partial charge is 0.255 e. The highest BCUT2D eigenvalue weighted by atomic mass is 16.5. The van der Waals surface area contributed by atoms with Crippen molar-refractivity contribution >= 4 is 17.7 Å². The van der Waals surface area contributed by atoms with Gasteiger partial charge in [0, 0.05) is 17.5 Å². The Morgan fingerprint density at radius 2 is 2.03 bits per heavy atom. The van der Waals surface area contributed by atoms with Crippen LogP contribution in [0.4, 0.5) is 0 Å². The molecule has 2 aromatic rings. The summed E-state index contributed by atoms with van der Waals surface area (Å²) in [6, 6.07) is 4.96. The molecule has 2 aliphatic heterocycles. The van der Waals surface area contributed by atoms with Gasteiger partial charge in [0.25, 0.3) is 5.91 Å². The van der Waals surface area contributed by atoms with Crippen molar-refractivity contribution in [3.05, 3.63) is 52.9 Å². The molecule has 6 rings (SSSR count). The van der Waals surface area contributed by atoms with Crippen molar-refractivity contribution in [2.24, 2.45) is 17.8 Å². The van der Waals surface area contributed by atoms with Crippen LogP contribution in [0.1, 0.15) is 73.6 Å². The van der Waals surface area contributed by atoms with Crippen LogP contribution in [0.3, 0.4) is 0 Å². The molecule has 1 N–H and O–H groups in total. The average molecular weight is 490 g/mol. The third-order valence-electron chi connectivity index (χ3n) is 8.52. The lowest BCUT2D eigenvalue weighted by atomic mass is 9.66. The number of carbonyl (C=O) groups excluding carboxylic acids is 3. The number of nitrogens with one attached hydrogen (secondary N) is 1. The number of imide groups is 1. The molecule has 4 aliphatic rings. The summed E-state index contributed by atoms with van der Waals surface area (Å²) in [6.07, 6.45) is 8.59. The zero-order chi connectivity index (χ0) is 25.0. The lowest BCUT2D eigenvalue weighted by Gasteiger charge is -2.42. The van der Waals surface area contributed by atoms with Gasteiger partial charge in [-0.3, -0.25) is 19.7 Å². The molecule has 0 radical (unpaired) electrons. The van der Waals surface area contributed by atoms with Gasteiger partial charge >= 0.3 is 0 Å². The molecule has 2 bridgehead atoms. The van der Waals surface area contributed by atoms with Gasteiger partial charge in [-0.05, 0) is 62.5 Å². The molecule has 5 unspecified atom stereocenters. The van der Waals surface area contributed by atoms with Crippen LogP contribution >= 0.6 is 0 Å². The number of carbonyl (C=O) groups is 3. The van der Waals surface area contributed by atoms with Crippen molar-refractivity contribution in [2.75, 3.05) is 0 Å². The number of piperidine rings is 1. The molecule has 2 aliphatic carbocycles. The van der Waals surface area contributed by atoms with Crippen LogP contribution in [0, 0.1) is 17.8 Å². The van der Waals surface area contributed by atoms with Gasteiger partial charge in [-0.1, -0.05) is 29.9 Å². The minimum Gasteiger partial charge on any atom is -0.487 e. The van der Waals surface area contributed by atoms with Crippen molar-refractivity contribution in [3.8, 4) is 5.75 Å². The Labute approximate surface area is 209 Å². The number of fused-ring (bicyclic) bond motifs is 3. The Balaban J connectivity index is 1.16. The molecule has 188 valence electrons. The number of aromatic nitrogens is 3. The third-order valence-corrected chi connectivity index (χ3v) is 8.52. The van der Waals surface area contributed by atoms with E-state index in [1.54, 1.807) is 12.1 Å². The van der Waals surface area contributed by atoms with Crippen molar-refractivity contribution in [1.29, 1.82) is 0 Å². The first-order valence-electron chi connectivity index (χ1n) is 12.9. The number of benzene rings is 1. The van der Waals surface area contributed by atoms with Gasteiger partial charge in [-0.25, -0.2) is 4.68 Å². The summed E-state index contributed by atoms with van der Waals surface area (Å²) >= 11 is 0. The summed E-state index contributed by atoms with van der Waals surface area (Å²) in [7, 11) is 0. The van der Waals surface area contributed by atoms with E-state index in [-0.39, 0.29) is 37.4 Å². The van der Waals surface area contributed by atoms with Crippen LogP contribution in [0.2, 0.25) is 0 Å². The molecular formula is C27H31N5O4. The predicted octanol–water partition coefficient (Wildman–Crippen LogP) is 3.17. The van der Waals surface area contributed by atoms with Gasteiger partial charge in [-0.15, -0.1) is 5.10 Å². The average Bonchev–Trinajstić information content (AvgIpc) is 3.47. The second-order valence-electron chi connectivity index (χ2n) is 10.7. The fourth-order valence-corrected chi connectivity index (χ4v) is 6.49. The standard InChI is InChI=1S/C27H31N5O4/c1-15-6-7-17-11-20(15)16(2)10-23(17)32-12-18(29-30-32)14-36-24-5-3-4-19-21(24)13-31(27(19)35)22-8-9-25(33)28-26(22)34/h3-5,10,12,15,17,20,22-23H,6-9,11,13-14H2,1-2H3,(H,28,33,34). The number of hydrogen-bond donors (Lipinski definition) is 1. The van der Waals surface area contributed by atoms with Crippen LogP contribution in [-0.4, -0.2) is 43.7 Å². The lowest BCUT2D eigenvalue weighted by Crippen LogP contribution is -2.52. The van der Waals surface area contributed by atoms with Crippen LogP contribution < -0.4 is 10.1 Å². The molecular weight excluding hydrogens is 458 g/mol. The summed E-state index contributed by atoms with van der Waals surface area (Å²) in [5.74, 6) is 1.70. The normalized spacial score (nSPS) is 29.6. The Morgan fingerprint density at radius 1 is 1.17 bits per heavy atom. The quantitative estimate of drug-likeness (QED) is 0.511. The molecule has 9 heteroatoms. The summed E-state index contributed by atoms with van der Waals surface area (Å²) < 4.78 is 8.09. The largest absolute Gasteiger partial charge is 0.487 e. The summed E-state index contributed by atoms with van der Waals surface area (Å²) in [5, 5.41) is 11.1. The lowest BCUT2D eigenvalue weighted by molar-refractivity contribution is -0.136. The second kappa shape index (κ2) is 8.87. The number of ether oxygens (including phenoxy) is 1. The fraction of sp³-hybridized carbons (Fsp3) is 0.519. The minimum atomic E-state index is -0.648. The molecule has 3 amide bonds. The molecule has 1 aromatic heterocycles. The van der Waals surface area contributed by atoms with Gasteiger partial charge < -0.3 is 9.64 Å². The maximum atomic E-state index is 13.0. The van der Waals surface area contributed by atoms with Crippen LogP contribution in [0.15, 0.2) is 36.0 Å². The Hall–Kier alpha value is -3.49. The zero-order valence-corrected chi connectivity index (χ0v) is 20.6. The Kier molecular flexibility index (Phi) is 5.65. The van der Waals surface area contributed by atoms with Crippen LogP contribution in [-0.2, 0) is 22.7 Å². The van der Waals surface area contributed by atoms with Gasteiger partial charge in [0.1, 0.15) is 24.1 Å². The molecule has 9 nitrogen and oxygen atoms in total. The summed E-state index contributed by atoms with van der Waals surface area (Å²) in [5.41, 5.74) is 3.48. The number of nitrogens with zero attached hydrogens (tertiary/aromatic N) is 4. The maximum Gasteiger partial charge on any atom is 0.255 e. The summed E-state index contributed by atoms with van der Waals surface area (Å²) in [4.78, 5) is 38.4. The zero-order valence-electron chi connectivity index (χ0n) is 20.6. The fourth-order valence-electron chi connectivity index (χ4n) is 6.49. The number of hydrogen-bond acceptors (Lipinski definition) is 6. The van der Waals surface area contributed by atoms with Gasteiger partial charge in [0.2, 0.25) is 11.8 Å². The molecule has 1 saturated carbocycles. The maximum absolute atomic E-state index is 13.0. The van der Waals surface area contributed by atoms with Crippen LogP contribution in [0.25, 0.3) is 0 Å². The van der Waals surface area contributed by atoms with E-state index in [1.807, 2.05) is 16.9 Å². The first-order valence-corrected chi connectivity index (χ1v) is 12.9. The van der Waals surface area contributed by atoms with Crippen molar-refractivity contribution < 1.29 is 19.1 Å². The molecule has 1 aromatic carbocycles. The van der Waals surface area contributed by atoms with Crippen molar-refractivity contribution in [1.82, 2.24) is 25.2 Å². The second-order valence-corrected chi connectivity index (χ2v) is 10.7. The predicted molar refractivity (Wildman–Crippen MR) is 130 cm³/mol. The van der Waals surface area contributed by atoms with Crippen molar-refractivity contribution in [3.63, 3.8) is 0 Å². The van der Waals surface area contributed by atoms with Crippen molar-refractivity contribution in [2.45, 2.75) is 71.2 Å². The van der Waals surface area contributed by atoms with Gasteiger partial charge in [-0.2, -0.15) is 0 Å². The third kappa shape index (κ3) is 3.90. The van der Waals surface area contributed by atoms with E-state index in [1.165, 1.54) is 29.7 Å². The van der Waals surface area contributed by atoms with E-state index < -0.39 is 11.9 Å². The first-order chi connectivity index (χ1) is 17.4. The monoisotopic (exact) mass is 489 g/mol. The molecule has 5 atom stereocenters. The SMILES string of the molecule is CC1=CC(n2cc(COc3cccc4c3CN(C3CCC(=O)NC3=O)C4=O)nn2)C2CCC(C)C1C2. The van der Waals surface area contributed by atoms with E-state index in [2.05, 4.69) is 35.6 Å². The minimum absolute atomic E-state index is 0.213. The highest BCUT2D eigenvalue weighted by molar-refractivity contribution is 6.05. The van der Waals surface area contributed by atoms with Gasteiger partial charge in [0.15, 0.2) is 0 Å². The number of amides is 3. The van der Waals surface area contributed by atoms with Gasteiger partial charge in [0.05, 0.1) is 18.8 Å². The number of allylic oxidation sites excluding steroid dienone is 2. The van der Waals surface area contributed by atoms with E-state index in [4.69, 9.17) is 4.74 Å².